The predicted octanol–water partition coefficient (Wildman–Crippen LogP) is 4.46. The van der Waals surface area contributed by atoms with E-state index in [4.69, 9.17) is 4.74 Å². The number of hydrogen-bond acceptors (Lipinski definition) is 4. The molecule has 1 heterocycles. The normalized spacial score (nSPS) is 11.3. The lowest BCUT2D eigenvalue weighted by atomic mass is 10.1. The third kappa shape index (κ3) is 4.99. The Morgan fingerprint density at radius 1 is 1.17 bits per heavy atom. The lowest BCUT2D eigenvalue weighted by Gasteiger charge is -2.15. The van der Waals surface area contributed by atoms with Gasteiger partial charge in [0.2, 0.25) is 0 Å². The molecule has 2 rings (SSSR count). The fourth-order valence-corrected chi connectivity index (χ4v) is 3.26. The van der Waals surface area contributed by atoms with E-state index in [2.05, 4.69) is 4.98 Å². The molecule has 0 saturated heterocycles. The summed E-state index contributed by atoms with van der Waals surface area (Å²) in [4.78, 5) is 27.5. The van der Waals surface area contributed by atoms with E-state index in [1.54, 1.807) is 6.92 Å². The molecular formula is C19H23NO3S. The molecule has 0 aliphatic rings. The number of ether oxygens (including phenoxy) is 1. The Hall–Kier alpha value is -2.01. The molecule has 0 bridgehead atoms. The molecule has 24 heavy (non-hydrogen) atoms. The standard InChI is InChI=1S/C19H23NO3S/c1-5-23-18(22)17-15(13-9-7-6-8-10-13)11-14(20-17)12-16(21)24-19(2,3)4/h6-11,20H,5,12H2,1-4H3. The number of H-pyrrole nitrogens is 1. The molecule has 2 aromatic rings. The summed E-state index contributed by atoms with van der Waals surface area (Å²) in [5.74, 6) is -0.404. The van der Waals surface area contributed by atoms with Crippen LogP contribution < -0.4 is 0 Å². The van der Waals surface area contributed by atoms with Crippen molar-refractivity contribution < 1.29 is 14.3 Å². The smallest absolute Gasteiger partial charge is 0.355 e. The second kappa shape index (κ2) is 7.71. The maximum atomic E-state index is 12.2. The van der Waals surface area contributed by atoms with Gasteiger partial charge in [0.25, 0.3) is 0 Å². The molecule has 5 heteroatoms. The van der Waals surface area contributed by atoms with E-state index in [9.17, 15) is 9.59 Å². The summed E-state index contributed by atoms with van der Waals surface area (Å²) in [6, 6.07) is 11.5. The van der Waals surface area contributed by atoms with Crippen molar-refractivity contribution in [1.82, 2.24) is 4.98 Å². The first-order valence-corrected chi connectivity index (χ1v) is 8.78. The van der Waals surface area contributed by atoms with Gasteiger partial charge in [-0.2, -0.15) is 0 Å². The van der Waals surface area contributed by atoms with Gasteiger partial charge in [-0.3, -0.25) is 4.79 Å². The minimum Gasteiger partial charge on any atom is -0.461 e. The Morgan fingerprint density at radius 3 is 2.42 bits per heavy atom. The molecule has 0 atom stereocenters. The third-order valence-electron chi connectivity index (χ3n) is 3.19. The number of aromatic nitrogens is 1. The lowest BCUT2D eigenvalue weighted by molar-refractivity contribution is -0.110. The quantitative estimate of drug-likeness (QED) is 0.813. The van der Waals surface area contributed by atoms with E-state index in [1.807, 2.05) is 57.2 Å². The molecule has 1 aromatic carbocycles. The highest BCUT2D eigenvalue weighted by Crippen LogP contribution is 2.28. The monoisotopic (exact) mass is 345 g/mol. The Morgan fingerprint density at radius 2 is 1.83 bits per heavy atom. The summed E-state index contributed by atoms with van der Waals surface area (Å²) in [6.45, 7) is 8.09. The van der Waals surface area contributed by atoms with Gasteiger partial charge in [0, 0.05) is 16.0 Å². The van der Waals surface area contributed by atoms with E-state index in [-0.39, 0.29) is 16.3 Å². The molecule has 0 aliphatic heterocycles. The van der Waals surface area contributed by atoms with Crippen LogP contribution in [0, 0.1) is 0 Å². The number of rotatable bonds is 5. The molecule has 0 radical (unpaired) electrons. The molecule has 0 saturated carbocycles. The maximum absolute atomic E-state index is 12.2. The van der Waals surface area contributed by atoms with E-state index < -0.39 is 5.97 Å². The van der Waals surface area contributed by atoms with Crippen molar-refractivity contribution in [3.05, 3.63) is 47.8 Å². The van der Waals surface area contributed by atoms with E-state index in [0.717, 1.165) is 16.8 Å². The van der Waals surface area contributed by atoms with Gasteiger partial charge in [-0.15, -0.1) is 0 Å². The first kappa shape index (κ1) is 18.3. The summed E-state index contributed by atoms with van der Waals surface area (Å²) < 4.78 is 5.00. The highest BCUT2D eigenvalue weighted by atomic mass is 32.2. The van der Waals surface area contributed by atoms with Gasteiger partial charge in [0.15, 0.2) is 5.12 Å². The number of thioether (sulfide) groups is 1. The Balaban J connectivity index is 2.31. The molecule has 1 aromatic heterocycles. The van der Waals surface area contributed by atoms with Crippen molar-refractivity contribution in [2.45, 2.75) is 38.9 Å². The molecule has 128 valence electrons. The van der Waals surface area contributed by atoms with Gasteiger partial charge in [-0.05, 0) is 18.6 Å². The molecule has 0 aliphatic carbocycles. The van der Waals surface area contributed by atoms with Crippen LogP contribution in [0.2, 0.25) is 0 Å². The highest BCUT2D eigenvalue weighted by molar-refractivity contribution is 8.14. The predicted molar refractivity (Wildman–Crippen MR) is 98.2 cm³/mol. The number of hydrogen-bond donors (Lipinski definition) is 1. The molecule has 0 spiro atoms. The number of benzene rings is 1. The van der Waals surface area contributed by atoms with Gasteiger partial charge >= 0.3 is 5.97 Å². The van der Waals surface area contributed by atoms with Crippen molar-refractivity contribution in [1.29, 1.82) is 0 Å². The Kier molecular flexibility index (Phi) is 5.89. The molecular weight excluding hydrogens is 322 g/mol. The SMILES string of the molecule is CCOC(=O)c1[nH]c(CC(=O)SC(C)(C)C)cc1-c1ccccc1. The first-order valence-electron chi connectivity index (χ1n) is 7.96. The highest BCUT2D eigenvalue weighted by Gasteiger charge is 2.21. The van der Waals surface area contributed by atoms with Gasteiger partial charge in [0.05, 0.1) is 13.0 Å². The third-order valence-corrected chi connectivity index (χ3v) is 4.18. The Bertz CT molecular complexity index is 714. The lowest BCUT2D eigenvalue weighted by Crippen LogP contribution is -2.13. The van der Waals surface area contributed by atoms with Crippen LogP contribution >= 0.6 is 11.8 Å². The number of nitrogens with one attached hydrogen (secondary N) is 1. The number of carbonyl (C=O) groups is 2. The van der Waals surface area contributed by atoms with Crippen molar-refractivity contribution >= 4 is 22.8 Å². The zero-order valence-corrected chi connectivity index (χ0v) is 15.3. The summed E-state index contributed by atoms with van der Waals surface area (Å²) in [7, 11) is 0. The number of esters is 1. The van der Waals surface area contributed by atoms with Crippen LogP contribution in [0.25, 0.3) is 11.1 Å². The van der Waals surface area contributed by atoms with E-state index in [1.165, 1.54) is 11.8 Å². The van der Waals surface area contributed by atoms with Gasteiger partial charge in [0.1, 0.15) is 5.69 Å². The molecule has 4 nitrogen and oxygen atoms in total. The van der Waals surface area contributed by atoms with Crippen LogP contribution in [0.3, 0.4) is 0 Å². The summed E-state index contributed by atoms with van der Waals surface area (Å²) in [6.07, 6.45) is 0.251. The fourth-order valence-electron chi connectivity index (χ4n) is 2.35. The second-order valence-corrected chi connectivity index (χ2v) is 8.32. The molecule has 1 N–H and O–H groups in total. The second-order valence-electron chi connectivity index (χ2n) is 6.43. The molecule has 0 unspecified atom stereocenters. The van der Waals surface area contributed by atoms with Crippen LogP contribution in [0.1, 0.15) is 43.9 Å². The zero-order chi connectivity index (χ0) is 17.7. The van der Waals surface area contributed by atoms with Crippen LogP contribution in [-0.2, 0) is 16.0 Å². The molecule has 0 fully saturated rings. The fraction of sp³-hybridized carbons (Fsp3) is 0.368. The summed E-state index contributed by atoms with van der Waals surface area (Å²) in [5.41, 5.74) is 2.79. The van der Waals surface area contributed by atoms with Crippen LogP contribution in [-0.4, -0.2) is 27.4 Å². The van der Waals surface area contributed by atoms with Crippen molar-refractivity contribution in [2.75, 3.05) is 6.61 Å². The summed E-state index contributed by atoms with van der Waals surface area (Å²) >= 11 is 1.31. The van der Waals surface area contributed by atoms with E-state index >= 15 is 0 Å². The average molecular weight is 345 g/mol. The van der Waals surface area contributed by atoms with Crippen molar-refractivity contribution in [2.24, 2.45) is 0 Å². The minimum atomic E-state index is -0.404. The number of aromatic amines is 1. The molecule has 0 amide bonds. The zero-order valence-electron chi connectivity index (χ0n) is 14.5. The Labute approximate surface area is 147 Å². The topological polar surface area (TPSA) is 59.2 Å². The van der Waals surface area contributed by atoms with Crippen LogP contribution in [0.15, 0.2) is 36.4 Å². The van der Waals surface area contributed by atoms with Crippen LogP contribution in [0.4, 0.5) is 0 Å². The summed E-state index contributed by atoms with van der Waals surface area (Å²) in [5, 5.41) is 0.0683. The average Bonchev–Trinajstić information content (AvgIpc) is 2.90. The number of carbonyl (C=O) groups excluding carboxylic acids is 2. The minimum absolute atomic E-state index is 0.0683. The van der Waals surface area contributed by atoms with Crippen LogP contribution in [0.5, 0.6) is 0 Å². The largest absolute Gasteiger partial charge is 0.461 e. The van der Waals surface area contributed by atoms with Gasteiger partial charge in [-0.25, -0.2) is 4.79 Å². The van der Waals surface area contributed by atoms with Crippen molar-refractivity contribution in [3.8, 4) is 11.1 Å². The van der Waals surface area contributed by atoms with Gasteiger partial charge in [-0.1, -0.05) is 62.9 Å². The van der Waals surface area contributed by atoms with Gasteiger partial charge < -0.3 is 9.72 Å². The first-order chi connectivity index (χ1) is 11.3. The van der Waals surface area contributed by atoms with Crippen molar-refractivity contribution in [3.63, 3.8) is 0 Å². The van der Waals surface area contributed by atoms with E-state index in [0.29, 0.717) is 12.3 Å². The maximum Gasteiger partial charge on any atom is 0.355 e.